The van der Waals surface area contributed by atoms with Crippen LogP contribution in [-0.4, -0.2) is 99.4 Å². The van der Waals surface area contributed by atoms with Gasteiger partial charge in [0.25, 0.3) is 0 Å². The molecular weight excluding hydrogens is 745 g/mol. The number of carbonyl (C=O) groups excluding carboxylic acids is 4. The molecule has 1 fully saturated rings. The Labute approximate surface area is 362 Å². The molecule has 1 aliphatic heterocycles. The third-order valence-corrected chi connectivity index (χ3v) is 11.8. The van der Waals surface area contributed by atoms with Crippen molar-refractivity contribution in [3.63, 3.8) is 0 Å². The molecule has 2 atom stereocenters. The highest BCUT2D eigenvalue weighted by Crippen LogP contribution is 2.24. The summed E-state index contributed by atoms with van der Waals surface area (Å²) >= 11 is 0. The van der Waals surface area contributed by atoms with Gasteiger partial charge in [-0.3, -0.25) is 24.1 Å². The average molecular weight is 837 g/mol. The molecule has 0 aliphatic carbocycles. The third-order valence-electron chi connectivity index (χ3n) is 11.8. The zero-order valence-corrected chi connectivity index (χ0v) is 39.1. The molecule has 0 aromatic carbocycles. The molecule has 10 nitrogen and oxygen atoms in total. The number of likely N-dealkylation sites (tertiary alicyclic amines) is 1. The molecule has 1 heterocycles. The van der Waals surface area contributed by atoms with E-state index in [1.807, 2.05) is 19.0 Å². The fraction of sp³-hybridized carbons (Fsp3) is 0.918. The zero-order valence-electron chi connectivity index (χ0n) is 39.1. The molecule has 0 N–H and O–H groups in total. The number of carbonyl (C=O) groups is 4. The van der Waals surface area contributed by atoms with Crippen LogP contribution in [0.5, 0.6) is 0 Å². The molecule has 346 valence electrons. The highest BCUT2D eigenvalue weighted by molar-refractivity contribution is 5.76. The first-order valence-electron chi connectivity index (χ1n) is 24.8. The van der Waals surface area contributed by atoms with Gasteiger partial charge in [0.2, 0.25) is 0 Å². The second kappa shape index (κ2) is 38.7. The van der Waals surface area contributed by atoms with E-state index in [-0.39, 0.29) is 30.0 Å². The molecular formula is C49H92N2O8. The Morgan fingerprint density at radius 2 is 0.983 bits per heavy atom. The van der Waals surface area contributed by atoms with Crippen molar-refractivity contribution in [2.24, 2.45) is 5.92 Å². The lowest BCUT2D eigenvalue weighted by atomic mass is 9.91. The molecule has 0 spiro atoms. The molecule has 0 bridgehead atoms. The maximum atomic E-state index is 13.3. The van der Waals surface area contributed by atoms with Gasteiger partial charge >= 0.3 is 23.9 Å². The van der Waals surface area contributed by atoms with Crippen LogP contribution in [0.25, 0.3) is 0 Å². The number of hydrogen-bond acceptors (Lipinski definition) is 10. The zero-order chi connectivity index (χ0) is 43.2. The number of nitrogens with zero attached hydrogens (tertiary/aromatic N) is 2. The molecule has 1 rings (SSSR count). The Kier molecular flexibility index (Phi) is 36.0. The molecule has 0 radical (unpaired) electrons. The van der Waals surface area contributed by atoms with Crippen LogP contribution >= 0.6 is 0 Å². The van der Waals surface area contributed by atoms with Gasteiger partial charge in [-0.2, -0.15) is 0 Å². The summed E-state index contributed by atoms with van der Waals surface area (Å²) in [7, 11) is 3.85. The maximum Gasteiger partial charge on any atom is 0.323 e. The molecule has 1 unspecified atom stereocenters. The van der Waals surface area contributed by atoms with Crippen LogP contribution < -0.4 is 0 Å². The first-order valence-corrected chi connectivity index (χ1v) is 24.8. The van der Waals surface area contributed by atoms with E-state index in [9.17, 15) is 19.2 Å². The van der Waals surface area contributed by atoms with Gasteiger partial charge in [-0.05, 0) is 71.5 Å². The maximum absolute atomic E-state index is 13.3. The van der Waals surface area contributed by atoms with Crippen molar-refractivity contribution in [1.82, 2.24) is 9.80 Å². The number of rotatable bonds is 41. The van der Waals surface area contributed by atoms with E-state index in [4.69, 9.17) is 18.9 Å². The predicted molar refractivity (Wildman–Crippen MR) is 240 cm³/mol. The first-order chi connectivity index (χ1) is 28.7. The number of unbranched alkanes of at least 4 members (excludes halogenated alkanes) is 18. The van der Waals surface area contributed by atoms with Gasteiger partial charge in [0.15, 0.2) is 0 Å². The Morgan fingerprint density at radius 1 is 0.525 bits per heavy atom. The molecule has 1 aliphatic rings. The Morgan fingerprint density at radius 3 is 1.54 bits per heavy atom. The summed E-state index contributed by atoms with van der Waals surface area (Å²) in [6, 6.07) is -0.443. The summed E-state index contributed by atoms with van der Waals surface area (Å²) in [5.41, 5.74) is 0. The Bertz CT molecular complexity index is 1030. The minimum atomic E-state index is -0.443. The monoisotopic (exact) mass is 837 g/mol. The van der Waals surface area contributed by atoms with Crippen molar-refractivity contribution >= 4 is 23.9 Å². The minimum Gasteiger partial charge on any atom is -0.466 e. The SMILES string of the molecule is CCCCCCCCCCCOC(=O)CCCCCN1CC(OC(=O)CCN(C)C)C[C@H]1C(=O)OCCCCCCCC(=O)OCCCC(CCCCC)CCCCC. The summed E-state index contributed by atoms with van der Waals surface area (Å²) in [5, 5.41) is 0. The average Bonchev–Trinajstić information content (AvgIpc) is 3.62. The number of esters is 4. The molecule has 0 aromatic heterocycles. The summed E-state index contributed by atoms with van der Waals surface area (Å²) in [6.45, 7) is 9.97. The molecule has 0 amide bonds. The molecule has 0 saturated carbocycles. The van der Waals surface area contributed by atoms with E-state index in [0.29, 0.717) is 65.1 Å². The van der Waals surface area contributed by atoms with Crippen molar-refractivity contribution < 1.29 is 38.1 Å². The predicted octanol–water partition coefficient (Wildman–Crippen LogP) is 11.5. The van der Waals surface area contributed by atoms with Crippen molar-refractivity contribution in [3.8, 4) is 0 Å². The Balaban J connectivity index is 2.30. The van der Waals surface area contributed by atoms with Crippen LogP contribution in [0.3, 0.4) is 0 Å². The smallest absolute Gasteiger partial charge is 0.323 e. The fourth-order valence-electron chi connectivity index (χ4n) is 8.03. The van der Waals surface area contributed by atoms with Gasteiger partial charge in [0.05, 0.1) is 26.2 Å². The second-order valence-electron chi connectivity index (χ2n) is 17.7. The van der Waals surface area contributed by atoms with Crippen LogP contribution in [0.1, 0.15) is 220 Å². The highest BCUT2D eigenvalue weighted by atomic mass is 16.6. The van der Waals surface area contributed by atoms with E-state index in [1.165, 1.54) is 96.3 Å². The lowest BCUT2D eigenvalue weighted by Gasteiger charge is -2.22. The molecule has 0 aromatic rings. The van der Waals surface area contributed by atoms with Gasteiger partial charge < -0.3 is 23.8 Å². The summed E-state index contributed by atoms with van der Waals surface area (Å²) in [4.78, 5) is 54.4. The molecule has 59 heavy (non-hydrogen) atoms. The van der Waals surface area contributed by atoms with Crippen LogP contribution in [0.4, 0.5) is 0 Å². The van der Waals surface area contributed by atoms with Crippen LogP contribution in [0.15, 0.2) is 0 Å². The molecule has 10 heteroatoms. The van der Waals surface area contributed by atoms with Crippen LogP contribution in [0, 0.1) is 5.92 Å². The van der Waals surface area contributed by atoms with Crippen LogP contribution in [-0.2, 0) is 38.1 Å². The standard InChI is InChI=1S/C49H92N2O8/c1-6-9-12-13-14-15-16-19-27-38-56-46(52)34-25-21-26-36-51-42-44(59-48(54)35-37-50(4)5)41-45(51)49(55)58-39-28-20-17-18-24-33-47(53)57-40-29-32-43(30-22-10-7-2)31-23-11-8-3/h43-45H,6-42H2,1-5H3/t44?,45-/m0/s1. The fourth-order valence-corrected chi connectivity index (χ4v) is 8.03. The Hall–Kier alpha value is -2.20. The van der Waals surface area contributed by atoms with Crippen molar-refractivity contribution in [2.45, 2.75) is 232 Å². The summed E-state index contributed by atoms with van der Waals surface area (Å²) in [5.74, 6) is 0.0534. The highest BCUT2D eigenvalue weighted by Gasteiger charge is 2.39. The normalized spacial score (nSPS) is 15.6. The van der Waals surface area contributed by atoms with Gasteiger partial charge in [0.1, 0.15) is 12.1 Å². The van der Waals surface area contributed by atoms with E-state index < -0.39 is 6.04 Å². The van der Waals surface area contributed by atoms with Gasteiger partial charge in [-0.15, -0.1) is 0 Å². The van der Waals surface area contributed by atoms with E-state index >= 15 is 0 Å². The number of hydrogen-bond donors (Lipinski definition) is 0. The largest absolute Gasteiger partial charge is 0.466 e. The van der Waals surface area contributed by atoms with Gasteiger partial charge in [-0.25, -0.2) is 0 Å². The quantitative estimate of drug-likeness (QED) is 0.0335. The second-order valence-corrected chi connectivity index (χ2v) is 17.7. The first kappa shape index (κ1) is 54.8. The third kappa shape index (κ3) is 32.2. The topological polar surface area (TPSA) is 112 Å². The van der Waals surface area contributed by atoms with E-state index in [2.05, 4.69) is 25.7 Å². The van der Waals surface area contributed by atoms with E-state index in [0.717, 1.165) is 83.0 Å². The van der Waals surface area contributed by atoms with Gasteiger partial charge in [-0.1, -0.05) is 149 Å². The summed E-state index contributed by atoms with van der Waals surface area (Å²) in [6.07, 6.45) is 31.8. The van der Waals surface area contributed by atoms with Crippen molar-refractivity contribution in [1.29, 1.82) is 0 Å². The van der Waals surface area contributed by atoms with Crippen molar-refractivity contribution in [2.75, 3.05) is 53.6 Å². The lowest BCUT2D eigenvalue weighted by molar-refractivity contribution is -0.151. The lowest BCUT2D eigenvalue weighted by Crippen LogP contribution is -2.38. The minimum absolute atomic E-state index is 0.0858. The number of ether oxygens (including phenoxy) is 4. The van der Waals surface area contributed by atoms with Crippen LogP contribution in [0.2, 0.25) is 0 Å². The van der Waals surface area contributed by atoms with Crippen molar-refractivity contribution in [3.05, 3.63) is 0 Å². The summed E-state index contributed by atoms with van der Waals surface area (Å²) < 4.78 is 22.5. The van der Waals surface area contributed by atoms with Gasteiger partial charge in [0, 0.05) is 32.4 Å². The molecule has 1 saturated heterocycles. The van der Waals surface area contributed by atoms with E-state index in [1.54, 1.807) is 0 Å².